The summed E-state index contributed by atoms with van der Waals surface area (Å²) in [5.41, 5.74) is 16.4. The third-order valence-electron chi connectivity index (χ3n) is 8.55. The molecular weight excluding hydrogens is 800 g/mol. The molecule has 0 aliphatic heterocycles. The number of nitrogens with one attached hydrogen (secondary N) is 7. The van der Waals surface area contributed by atoms with E-state index in [4.69, 9.17) is 17.2 Å². The number of benzene rings is 1. The summed E-state index contributed by atoms with van der Waals surface area (Å²) in [4.78, 5) is 116. The van der Waals surface area contributed by atoms with E-state index in [9.17, 15) is 73.8 Å². The number of aliphatic hydroxyl groups excluding tert-OH is 5. The molecule has 0 spiro atoms. The number of nitrogens with two attached hydrogens (primary N) is 3. The van der Waals surface area contributed by atoms with Crippen LogP contribution in [0.1, 0.15) is 46.6 Å². The number of aliphatic hydroxyl groups is 5. The Balaban J connectivity index is 3.33. The van der Waals surface area contributed by atoms with E-state index in [2.05, 4.69) is 37.2 Å². The topological polar surface area (TPSA) is 437 Å². The first-order chi connectivity index (χ1) is 27.8. The van der Waals surface area contributed by atoms with Crippen LogP contribution in [0.4, 0.5) is 0 Å². The predicted molar refractivity (Wildman–Crippen MR) is 206 cm³/mol. The molecule has 0 heterocycles. The fourth-order valence-electron chi connectivity index (χ4n) is 5.16. The highest BCUT2D eigenvalue weighted by Crippen LogP contribution is 2.12. The molecule has 0 aliphatic carbocycles. The normalized spacial score (nSPS) is 17.1. The van der Waals surface area contributed by atoms with Crippen molar-refractivity contribution in [2.75, 3.05) is 6.61 Å². The third kappa shape index (κ3) is 16.7. The van der Waals surface area contributed by atoms with Gasteiger partial charge in [0, 0.05) is 6.42 Å². The molecule has 0 saturated heterocycles. The quantitative estimate of drug-likeness (QED) is 0.0459. The third-order valence-corrected chi connectivity index (χ3v) is 8.55. The lowest BCUT2D eigenvalue weighted by Crippen LogP contribution is -2.64. The van der Waals surface area contributed by atoms with Crippen LogP contribution >= 0.6 is 0 Å². The Hall–Kier alpha value is -5.99. The minimum atomic E-state index is -1.98. The molecule has 19 N–H and O–H groups in total. The van der Waals surface area contributed by atoms with E-state index in [1.165, 1.54) is 31.2 Å². The summed E-state index contributed by atoms with van der Waals surface area (Å²) in [6.45, 7) is 4.64. The summed E-state index contributed by atoms with van der Waals surface area (Å²) in [6, 6.07) is -8.26. The lowest BCUT2D eigenvalue weighted by Gasteiger charge is -2.29. The van der Waals surface area contributed by atoms with Gasteiger partial charge in [-0.05, 0) is 52.3 Å². The fourth-order valence-corrected chi connectivity index (χ4v) is 5.16. The van der Waals surface area contributed by atoms with Crippen LogP contribution in [-0.4, -0.2) is 163 Å². The zero-order chi connectivity index (χ0) is 46.2. The summed E-state index contributed by atoms with van der Waals surface area (Å²) in [5, 5.41) is 75.4. The number of primary amides is 2. The molecule has 0 bridgehead atoms. The van der Waals surface area contributed by atoms with Gasteiger partial charge in [-0.2, -0.15) is 0 Å². The smallest absolute Gasteiger partial charge is 0.245 e. The lowest BCUT2D eigenvalue weighted by atomic mass is 10.0. The Kier molecular flexibility index (Phi) is 21.0. The molecule has 11 unspecified atom stereocenters. The standard InChI is InChI=1S/C35H56N10O15/c1-13(36)29(54)41-22(12-46)32(57)43-26(16(4)49)34(59)45-27(17(5)50)35(60)44-25(15(3)48)33(58)40-21(11-23(37)52)30(55)39-20(10-18-6-8-19(51)9-7-18)31(56)42-24(14(2)47)28(38)53/h6-9,13-17,20-22,24-27,46-51H,10-12,36H2,1-5H3,(H2,37,52)(H2,38,53)(H,39,55)(H,40,58)(H,41,54)(H,42,56)(H,43,57)(H,44,60)(H,45,59)/t13-,14?,15?,16?,17?,20?,21?,22?,24?,25?,26?,27?/m1/s1. The second kappa shape index (κ2) is 24.2. The highest BCUT2D eigenvalue weighted by Gasteiger charge is 2.38. The van der Waals surface area contributed by atoms with Gasteiger partial charge in [0.2, 0.25) is 53.2 Å². The van der Waals surface area contributed by atoms with E-state index < -0.39 is 139 Å². The first-order valence-electron chi connectivity index (χ1n) is 18.4. The van der Waals surface area contributed by atoms with Gasteiger partial charge in [0.05, 0.1) is 43.5 Å². The van der Waals surface area contributed by atoms with E-state index in [1.807, 2.05) is 0 Å². The summed E-state index contributed by atoms with van der Waals surface area (Å²) in [7, 11) is 0. The molecule has 25 nitrogen and oxygen atoms in total. The highest BCUT2D eigenvalue weighted by molar-refractivity contribution is 5.99. The number of carbonyl (C=O) groups excluding carboxylic acids is 9. The van der Waals surface area contributed by atoms with E-state index in [0.29, 0.717) is 5.56 Å². The van der Waals surface area contributed by atoms with Crippen LogP contribution in [0.25, 0.3) is 0 Å². The second-order valence-corrected chi connectivity index (χ2v) is 14.0. The van der Waals surface area contributed by atoms with Crippen molar-refractivity contribution in [2.24, 2.45) is 17.2 Å². The van der Waals surface area contributed by atoms with Gasteiger partial charge in [-0.1, -0.05) is 12.1 Å². The molecule has 60 heavy (non-hydrogen) atoms. The van der Waals surface area contributed by atoms with E-state index in [1.54, 1.807) is 0 Å². The van der Waals surface area contributed by atoms with Gasteiger partial charge >= 0.3 is 0 Å². The zero-order valence-electron chi connectivity index (χ0n) is 33.4. The molecule has 0 aromatic heterocycles. The monoisotopic (exact) mass is 856 g/mol. The van der Waals surface area contributed by atoms with E-state index in [0.717, 1.165) is 27.7 Å². The molecule has 336 valence electrons. The highest BCUT2D eigenvalue weighted by atomic mass is 16.3. The summed E-state index contributed by atoms with van der Waals surface area (Å²) in [5.74, 6) is -10.6. The number of carbonyl (C=O) groups is 9. The van der Waals surface area contributed by atoms with E-state index >= 15 is 0 Å². The van der Waals surface area contributed by atoms with Crippen LogP contribution in [0.5, 0.6) is 5.75 Å². The molecule has 0 radical (unpaired) electrons. The molecule has 1 rings (SSSR count). The molecule has 12 atom stereocenters. The number of phenols is 1. The molecule has 0 aliphatic rings. The van der Waals surface area contributed by atoms with Crippen molar-refractivity contribution in [3.63, 3.8) is 0 Å². The van der Waals surface area contributed by atoms with Crippen LogP contribution in [0.15, 0.2) is 24.3 Å². The van der Waals surface area contributed by atoms with Crippen molar-refractivity contribution in [3.05, 3.63) is 29.8 Å². The number of hydrogen-bond donors (Lipinski definition) is 16. The van der Waals surface area contributed by atoms with Gasteiger partial charge in [-0.3, -0.25) is 43.2 Å². The largest absolute Gasteiger partial charge is 0.508 e. The number of aromatic hydroxyl groups is 1. The SMILES string of the molecule is CC(O)C(NC(=O)C(Cc1ccc(O)cc1)NC(=O)C(CC(N)=O)NC(=O)C(NC(=O)C(NC(=O)C(NC(=O)C(CO)NC(=O)[C@@H](C)N)C(C)O)C(C)O)C(C)O)C(N)=O. The maximum atomic E-state index is 13.6. The molecule has 0 fully saturated rings. The maximum Gasteiger partial charge on any atom is 0.245 e. The average molecular weight is 857 g/mol. The van der Waals surface area contributed by atoms with Crippen molar-refractivity contribution >= 4 is 53.2 Å². The van der Waals surface area contributed by atoms with Crippen molar-refractivity contribution in [1.82, 2.24) is 37.2 Å². The molecule has 9 amide bonds. The zero-order valence-corrected chi connectivity index (χ0v) is 33.4. The van der Waals surface area contributed by atoms with Crippen LogP contribution in [-0.2, 0) is 49.6 Å². The van der Waals surface area contributed by atoms with Gasteiger partial charge in [-0.15, -0.1) is 0 Å². The van der Waals surface area contributed by atoms with Crippen LogP contribution in [0.3, 0.4) is 0 Å². The maximum absolute atomic E-state index is 13.6. The Morgan fingerprint density at radius 2 is 0.867 bits per heavy atom. The van der Waals surface area contributed by atoms with Crippen LogP contribution in [0.2, 0.25) is 0 Å². The minimum Gasteiger partial charge on any atom is -0.508 e. The number of hydrogen-bond acceptors (Lipinski definition) is 16. The van der Waals surface area contributed by atoms with Crippen molar-refractivity contribution in [1.29, 1.82) is 0 Å². The average Bonchev–Trinajstić information content (AvgIpc) is 3.14. The van der Waals surface area contributed by atoms with Gasteiger partial charge in [0.25, 0.3) is 0 Å². The number of phenolic OH excluding ortho intramolecular Hbond substituents is 1. The first kappa shape index (κ1) is 52.0. The predicted octanol–water partition coefficient (Wildman–Crippen LogP) is -8.45. The van der Waals surface area contributed by atoms with Gasteiger partial charge in [0.1, 0.15) is 48.0 Å². The number of amides is 9. The molecular formula is C35H56N10O15. The Morgan fingerprint density at radius 3 is 1.25 bits per heavy atom. The van der Waals surface area contributed by atoms with Crippen molar-refractivity contribution in [3.8, 4) is 5.75 Å². The van der Waals surface area contributed by atoms with Gasteiger partial charge < -0.3 is 85.1 Å². The molecule has 25 heteroatoms. The summed E-state index contributed by atoms with van der Waals surface area (Å²) >= 11 is 0. The minimum absolute atomic E-state index is 0.135. The van der Waals surface area contributed by atoms with Crippen molar-refractivity contribution in [2.45, 2.75) is 120 Å². The Bertz CT molecular complexity index is 1690. The summed E-state index contributed by atoms with van der Waals surface area (Å²) in [6.07, 6.45) is -7.89. The molecule has 1 aromatic carbocycles. The molecule has 0 saturated carbocycles. The molecule has 1 aromatic rings. The Labute approximate surface area is 343 Å². The van der Waals surface area contributed by atoms with Crippen molar-refractivity contribution < 1.29 is 73.8 Å². The Morgan fingerprint density at radius 1 is 0.517 bits per heavy atom. The number of rotatable bonds is 24. The fraction of sp³-hybridized carbons (Fsp3) is 0.571. The van der Waals surface area contributed by atoms with Gasteiger partial charge in [0.15, 0.2) is 0 Å². The summed E-state index contributed by atoms with van der Waals surface area (Å²) < 4.78 is 0. The lowest BCUT2D eigenvalue weighted by molar-refractivity contribution is -0.139. The van der Waals surface area contributed by atoms with Crippen LogP contribution < -0.4 is 54.4 Å². The second-order valence-electron chi connectivity index (χ2n) is 14.0. The van der Waals surface area contributed by atoms with E-state index in [-0.39, 0.29) is 12.2 Å². The van der Waals surface area contributed by atoms with Gasteiger partial charge in [-0.25, -0.2) is 0 Å². The first-order valence-corrected chi connectivity index (χ1v) is 18.4. The van der Waals surface area contributed by atoms with Crippen LogP contribution in [0, 0.1) is 0 Å².